The summed E-state index contributed by atoms with van der Waals surface area (Å²) in [7, 11) is -2.00. The van der Waals surface area contributed by atoms with Crippen molar-refractivity contribution < 1.29 is 13.2 Å². The number of nitrogens with zero attached hydrogens (tertiary/aromatic N) is 6. The number of hydrogen-bond donors (Lipinski definition) is 1. The number of aryl methyl sites for hydroxylation is 1. The van der Waals surface area contributed by atoms with Gasteiger partial charge in [-0.25, -0.2) is 13.4 Å². The average molecular weight is 456 g/mol. The zero-order valence-corrected chi connectivity index (χ0v) is 19.0. The third-order valence-corrected chi connectivity index (χ3v) is 7.20. The van der Waals surface area contributed by atoms with Gasteiger partial charge in [-0.1, -0.05) is 19.9 Å². The fourth-order valence-electron chi connectivity index (χ4n) is 3.55. The molecule has 0 radical (unpaired) electrons. The third-order valence-electron chi connectivity index (χ3n) is 5.18. The van der Waals surface area contributed by atoms with E-state index in [2.05, 4.69) is 15.4 Å². The molecule has 0 spiro atoms. The van der Waals surface area contributed by atoms with Crippen molar-refractivity contribution in [2.45, 2.75) is 25.3 Å². The molecule has 0 saturated heterocycles. The number of sulfonamides is 1. The average Bonchev–Trinajstić information content (AvgIpc) is 3.47. The third kappa shape index (κ3) is 4.16. The molecule has 0 aliphatic rings. The van der Waals surface area contributed by atoms with E-state index in [1.165, 1.54) is 21.1 Å². The molecule has 0 bridgehead atoms. The van der Waals surface area contributed by atoms with Crippen molar-refractivity contribution in [1.82, 2.24) is 28.0 Å². The minimum atomic E-state index is -3.64. The highest BCUT2D eigenvalue weighted by Crippen LogP contribution is 2.19. The monoisotopic (exact) mass is 455 g/mol. The lowest BCUT2D eigenvalue weighted by molar-refractivity contribution is 0.101. The van der Waals surface area contributed by atoms with E-state index in [1.54, 1.807) is 38.0 Å². The van der Waals surface area contributed by atoms with E-state index in [0.717, 1.165) is 11.3 Å². The number of imidazole rings is 1. The molecule has 1 N–H and O–H groups in total. The van der Waals surface area contributed by atoms with Gasteiger partial charge in [-0.3, -0.25) is 9.48 Å². The SMILES string of the molecule is CCN(CC)S(=O)(=O)c1cc(C(=O)Nc2cnn(Cc3cn4ccccc4n3)c2)n(C)c1. The lowest BCUT2D eigenvalue weighted by Crippen LogP contribution is -2.30. The van der Waals surface area contributed by atoms with Crippen LogP contribution in [0.3, 0.4) is 0 Å². The second-order valence-electron chi connectivity index (χ2n) is 7.34. The standard InChI is InChI=1S/C21H25N7O3S/c1-4-28(5-2)32(30,31)18-10-19(25(3)15-18)21(29)24-16-11-22-27(13-16)14-17-12-26-9-7-6-8-20(26)23-17/h6-13,15H,4-5,14H2,1-3H3,(H,24,29). The summed E-state index contributed by atoms with van der Waals surface area (Å²) in [5.41, 5.74) is 2.44. The van der Waals surface area contributed by atoms with E-state index in [9.17, 15) is 13.2 Å². The Kier molecular flexibility index (Phi) is 5.85. The van der Waals surface area contributed by atoms with Crippen LogP contribution >= 0.6 is 0 Å². The summed E-state index contributed by atoms with van der Waals surface area (Å²) in [5, 5.41) is 7.06. The van der Waals surface area contributed by atoms with Gasteiger partial charge in [0.05, 0.1) is 24.1 Å². The van der Waals surface area contributed by atoms with Crippen molar-refractivity contribution in [1.29, 1.82) is 0 Å². The van der Waals surface area contributed by atoms with Crippen molar-refractivity contribution in [3.63, 3.8) is 0 Å². The highest BCUT2D eigenvalue weighted by atomic mass is 32.2. The molecule has 0 saturated carbocycles. The number of rotatable bonds is 8. The molecule has 4 aromatic heterocycles. The van der Waals surface area contributed by atoms with Crippen LogP contribution < -0.4 is 5.32 Å². The lowest BCUT2D eigenvalue weighted by Gasteiger charge is -2.17. The molecule has 0 fully saturated rings. The van der Waals surface area contributed by atoms with Crippen molar-refractivity contribution in [2.75, 3.05) is 18.4 Å². The predicted molar refractivity (Wildman–Crippen MR) is 120 cm³/mol. The normalized spacial score (nSPS) is 12.0. The fraction of sp³-hybridized carbons (Fsp3) is 0.286. The van der Waals surface area contributed by atoms with E-state index in [-0.39, 0.29) is 10.6 Å². The minimum absolute atomic E-state index is 0.0939. The molecule has 1 amide bonds. The summed E-state index contributed by atoms with van der Waals surface area (Å²) in [6.45, 7) is 4.73. The molecular weight excluding hydrogens is 430 g/mol. The number of carbonyl (C=O) groups is 1. The van der Waals surface area contributed by atoms with Crippen molar-refractivity contribution in [2.24, 2.45) is 7.05 Å². The number of hydrogen-bond acceptors (Lipinski definition) is 5. The van der Waals surface area contributed by atoms with Gasteiger partial charge in [0.25, 0.3) is 5.91 Å². The van der Waals surface area contributed by atoms with E-state index >= 15 is 0 Å². The molecule has 4 heterocycles. The number of pyridine rings is 1. The molecule has 168 valence electrons. The number of fused-ring (bicyclic) bond motifs is 1. The van der Waals surface area contributed by atoms with Gasteiger partial charge < -0.3 is 14.3 Å². The maximum absolute atomic E-state index is 12.8. The number of carbonyl (C=O) groups excluding carboxylic acids is 1. The number of aromatic nitrogens is 5. The van der Waals surface area contributed by atoms with Gasteiger partial charge in [0.15, 0.2) is 0 Å². The van der Waals surface area contributed by atoms with E-state index in [1.807, 2.05) is 35.0 Å². The largest absolute Gasteiger partial charge is 0.345 e. The molecule has 10 nitrogen and oxygen atoms in total. The molecule has 0 aliphatic carbocycles. The highest BCUT2D eigenvalue weighted by molar-refractivity contribution is 7.89. The smallest absolute Gasteiger partial charge is 0.272 e. The topological polar surface area (TPSA) is 107 Å². The molecule has 4 rings (SSSR count). The first-order valence-corrected chi connectivity index (χ1v) is 11.7. The molecule has 4 aromatic rings. The maximum Gasteiger partial charge on any atom is 0.272 e. The number of amides is 1. The Morgan fingerprint density at radius 1 is 1.16 bits per heavy atom. The molecular formula is C21H25N7O3S. The Labute approximate surface area is 186 Å². The van der Waals surface area contributed by atoms with Crippen LogP contribution in [0.15, 0.2) is 60.1 Å². The first-order valence-electron chi connectivity index (χ1n) is 10.2. The Hall–Kier alpha value is -3.44. The summed E-state index contributed by atoms with van der Waals surface area (Å²) >= 11 is 0. The molecule has 0 aliphatic heterocycles. The fourth-order valence-corrected chi connectivity index (χ4v) is 5.08. The summed E-state index contributed by atoms with van der Waals surface area (Å²) in [6.07, 6.45) is 8.56. The molecule has 11 heteroatoms. The predicted octanol–water partition coefficient (Wildman–Crippen LogP) is 2.20. The van der Waals surface area contributed by atoms with Gasteiger partial charge >= 0.3 is 0 Å². The molecule has 0 unspecified atom stereocenters. The second-order valence-corrected chi connectivity index (χ2v) is 9.28. The van der Waals surface area contributed by atoms with Gasteiger partial charge in [-0.05, 0) is 18.2 Å². The summed E-state index contributed by atoms with van der Waals surface area (Å²) < 4.78 is 32.0. The van der Waals surface area contributed by atoms with Crippen LogP contribution in [0.4, 0.5) is 5.69 Å². The summed E-state index contributed by atoms with van der Waals surface area (Å²) in [5.74, 6) is -0.416. The first kappa shape index (κ1) is 21.8. The molecule has 0 aromatic carbocycles. The quantitative estimate of drug-likeness (QED) is 0.438. The minimum Gasteiger partial charge on any atom is -0.345 e. The zero-order valence-electron chi connectivity index (χ0n) is 18.1. The van der Waals surface area contributed by atoms with Crippen LogP contribution in [-0.4, -0.2) is 55.5 Å². The zero-order chi connectivity index (χ0) is 22.9. The Morgan fingerprint density at radius 3 is 2.66 bits per heavy atom. The molecule has 32 heavy (non-hydrogen) atoms. The van der Waals surface area contributed by atoms with Crippen molar-refractivity contribution in [3.8, 4) is 0 Å². The van der Waals surface area contributed by atoms with Gasteiger partial charge in [0.1, 0.15) is 16.2 Å². The van der Waals surface area contributed by atoms with Crippen LogP contribution in [0.25, 0.3) is 5.65 Å². The highest BCUT2D eigenvalue weighted by Gasteiger charge is 2.25. The van der Waals surface area contributed by atoms with Crippen LogP contribution in [0, 0.1) is 0 Å². The lowest BCUT2D eigenvalue weighted by atomic mass is 10.4. The van der Waals surface area contributed by atoms with E-state index in [4.69, 9.17) is 0 Å². The van der Waals surface area contributed by atoms with Gasteiger partial charge in [0.2, 0.25) is 10.0 Å². The van der Waals surface area contributed by atoms with Crippen molar-refractivity contribution in [3.05, 3.63) is 66.6 Å². The Morgan fingerprint density at radius 2 is 1.94 bits per heavy atom. The van der Waals surface area contributed by atoms with Crippen LogP contribution in [-0.2, 0) is 23.6 Å². The van der Waals surface area contributed by atoms with Crippen LogP contribution in [0.5, 0.6) is 0 Å². The second kappa shape index (κ2) is 8.60. The Bertz CT molecular complexity index is 1330. The number of nitrogens with one attached hydrogen (secondary N) is 1. The van der Waals surface area contributed by atoms with E-state index < -0.39 is 15.9 Å². The van der Waals surface area contributed by atoms with Gasteiger partial charge in [-0.15, -0.1) is 0 Å². The van der Waals surface area contributed by atoms with Crippen molar-refractivity contribution >= 4 is 27.3 Å². The maximum atomic E-state index is 12.8. The van der Waals surface area contributed by atoms with Crippen LogP contribution in [0.1, 0.15) is 30.0 Å². The number of anilines is 1. The van der Waals surface area contributed by atoms with Crippen LogP contribution in [0.2, 0.25) is 0 Å². The van der Waals surface area contributed by atoms with Gasteiger partial charge in [0, 0.05) is 44.9 Å². The summed E-state index contributed by atoms with van der Waals surface area (Å²) in [6, 6.07) is 7.18. The van der Waals surface area contributed by atoms with Gasteiger partial charge in [-0.2, -0.15) is 9.40 Å². The summed E-state index contributed by atoms with van der Waals surface area (Å²) in [4.78, 5) is 17.4. The molecule has 0 atom stereocenters. The van der Waals surface area contributed by atoms with E-state index in [0.29, 0.717) is 25.3 Å². The first-order chi connectivity index (χ1) is 15.3. The Balaban J connectivity index is 1.48.